The molecule has 4 heteroatoms. The number of benzene rings is 1. The zero-order valence-electron chi connectivity index (χ0n) is 12.2. The van der Waals surface area contributed by atoms with Crippen LogP contribution in [-0.4, -0.2) is 23.2 Å². The van der Waals surface area contributed by atoms with Crippen LogP contribution in [0.2, 0.25) is 0 Å². The number of rotatable bonds is 5. The zero-order chi connectivity index (χ0) is 14.6. The molecule has 0 heterocycles. The smallest absolute Gasteiger partial charge is 0.260 e. The van der Waals surface area contributed by atoms with E-state index in [0.29, 0.717) is 11.3 Å². The summed E-state index contributed by atoms with van der Waals surface area (Å²) < 4.78 is 5.68. The van der Waals surface area contributed by atoms with Gasteiger partial charge in [0.05, 0.1) is 6.10 Å². The van der Waals surface area contributed by atoms with Gasteiger partial charge < -0.3 is 15.2 Å². The number of aliphatic hydroxyl groups is 1. The number of hydrogen-bond acceptors (Lipinski definition) is 3. The number of amides is 1. The number of carbonyl (C=O) groups is 1. The SMILES string of the molecule is Cc1ccc([C@@H](C)O)c(OC(C)C(=O)NC(C)C)c1. The highest BCUT2D eigenvalue weighted by atomic mass is 16.5. The van der Waals surface area contributed by atoms with E-state index in [1.807, 2.05) is 39.0 Å². The summed E-state index contributed by atoms with van der Waals surface area (Å²) in [6, 6.07) is 5.64. The van der Waals surface area contributed by atoms with E-state index in [0.717, 1.165) is 5.56 Å². The Bertz CT molecular complexity index is 441. The first-order valence-electron chi connectivity index (χ1n) is 6.57. The third-order valence-electron chi connectivity index (χ3n) is 2.72. The van der Waals surface area contributed by atoms with Crippen LogP contribution in [0.25, 0.3) is 0 Å². The predicted octanol–water partition coefficient (Wildman–Crippen LogP) is 2.34. The van der Waals surface area contributed by atoms with Crippen LogP contribution in [0.5, 0.6) is 5.75 Å². The summed E-state index contributed by atoms with van der Waals surface area (Å²) >= 11 is 0. The third kappa shape index (κ3) is 4.56. The standard InChI is InChI=1S/C15H23NO3/c1-9(2)16-15(18)12(5)19-14-8-10(3)6-7-13(14)11(4)17/h6-9,11-12,17H,1-5H3,(H,16,18)/t11-,12?/m1/s1. The van der Waals surface area contributed by atoms with E-state index in [1.54, 1.807) is 13.8 Å². The molecular weight excluding hydrogens is 242 g/mol. The summed E-state index contributed by atoms with van der Waals surface area (Å²) in [5.74, 6) is 0.398. The second kappa shape index (κ2) is 6.57. The maximum absolute atomic E-state index is 11.8. The Morgan fingerprint density at radius 1 is 1.26 bits per heavy atom. The number of aryl methyl sites for hydroxylation is 1. The Morgan fingerprint density at radius 2 is 1.89 bits per heavy atom. The molecule has 0 aliphatic heterocycles. The summed E-state index contributed by atoms with van der Waals surface area (Å²) in [5.41, 5.74) is 1.71. The molecule has 0 spiro atoms. The van der Waals surface area contributed by atoms with E-state index in [2.05, 4.69) is 5.32 Å². The molecule has 1 aromatic carbocycles. The van der Waals surface area contributed by atoms with Crippen LogP contribution in [0, 0.1) is 6.92 Å². The van der Waals surface area contributed by atoms with Gasteiger partial charge in [0.1, 0.15) is 5.75 Å². The van der Waals surface area contributed by atoms with Crippen molar-refractivity contribution in [1.29, 1.82) is 0 Å². The van der Waals surface area contributed by atoms with Gasteiger partial charge in [-0.3, -0.25) is 4.79 Å². The lowest BCUT2D eigenvalue weighted by atomic mass is 10.1. The molecular formula is C15H23NO3. The molecule has 0 radical (unpaired) electrons. The van der Waals surface area contributed by atoms with Crippen molar-refractivity contribution in [1.82, 2.24) is 5.32 Å². The Labute approximate surface area is 114 Å². The van der Waals surface area contributed by atoms with Crippen molar-refractivity contribution in [2.45, 2.75) is 52.9 Å². The van der Waals surface area contributed by atoms with Gasteiger partial charge in [0.2, 0.25) is 0 Å². The lowest BCUT2D eigenvalue weighted by Gasteiger charge is -2.19. The first-order valence-corrected chi connectivity index (χ1v) is 6.57. The molecule has 4 nitrogen and oxygen atoms in total. The Hall–Kier alpha value is -1.55. The maximum Gasteiger partial charge on any atom is 0.260 e. The maximum atomic E-state index is 11.8. The van der Waals surface area contributed by atoms with E-state index in [9.17, 15) is 9.90 Å². The monoisotopic (exact) mass is 265 g/mol. The van der Waals surface area contributed by atoms with Crippen LogP contribution in [0.15, 0.2) is 18.2 Å². The molecule has 19 heavy (non-hydrogen) atoms. The molecule has 0 aliphatic carbocycles. The first kappa shape index (κ1) is 15.5. The Morgan fingerprint density at radius 3 is 2.42 bits per heavy atom. The molecule has 1 aromatic rings. The highest BCUT2D eigenvalue weighted by Gasteiger charge is 2.18. The molecule has 2 atom stereocenters. The second-order valence-corrected chi connectivity index (χ2v) is 5.14. The van der Waals surface area contributed by atoms with Crippen LogP contribution in [0.1, 0.15) is 44.9 Å². The van der Waals surface area contributed by atoms with E-state index in [1.165, 1.54) is 0 Å². The van der Waals surface area contributed by atoms with Crippen LogP contribution < -0.4 is 10.1 Å². The Kier molecular flexibility index (Phi) is 5.36. The van der Waals surface area contributed by atoms with E-state index in [4.69, 9.17) is 4.74 Å². The van der Waals surface area contributed by atoms with Gasteiger partial charge in [0.15, 0.2) is 6.10 Å². The molecule has 0 bridgehead atoms. The average molecular weight is 265 g/mol. The molecule has 0 saturated carbocycles. The normalized spacial score (nSPS) is 14.1. The molecule has 1 amide bonds. The summed E-state index contributed by atoms with van der Waals surface area (Å²) in [7, 11) is 0. The van der Waals surface area contributed by atoms with Crippen molar-refractivity contribution in [3.05, 3.63) is 29.3 Å². The molecule has 1 rings (SSSR count). The quantitative estimate of drug-likeness (QED) is 0.859. The molecule has 0 saturated heterocycles. The molecule has 0 aromatic heterocycles. The summed E-state index contributed by atoms with van der Waals surface area (Å²) in [5, 5.41) is 12.5. The fourth-order valence-corrected chi connectivity index (χ4v) is 1.73. The molecule has 1 unspecified atom stereocenters. The van der Waals surface area contributed by atoms with Gasteiger partial charge in [-0.1, -0.05) is 12.1 Å². The molecule has 106 valence electrons. The van der Waals surface area contributed by atoms with E-state index < -0.39 is 12.2 Å². The average Bonchev–Trinajstić information content (AvgIpc) is 2.27. The largest absolute Gasteiger partial charge is 0.481 e. The van der Waals surface area contributed by atoms with Gasteiger partial charge in [-0.05, 0) is 46.2 Å². The van der Waals surface area contributed by atoms with Crippen LogP contribution in [0.4, 0.5) is 0 Å². The minimum Gasteiger partial charge on any atom is -0.481 e. The Balaban J connectivity index is 2.86. The number of ether oxygens (including phenoxy) is 1. The zero-order valence-corrected chi connectivity index (χ0v) is 12.2. The number of hydrogen-bond donors (Lipinski definition) is 2. The van der Waals surface area contributed by atoms with Crippen LogP contribution in [-0.2, 0) is 4.79 Å². The van der Waals surface area contributed by atoms with Crippen molar-refractivity contribution in [3.8, 4) is 5.75 Å². The van der Waals surface area contributed by atoms with Gasteiger partial charge in [-0.15, -0.1) is 0 Å². The van der Waals surface area contributed by atoms with Gasteiger partial charge in [-0.2, -0.15) is 0 Å². The predicted molar refractivity (Wildman–Crippen MR) is 75.2 cm³/mol. The van der Waals surface area contributed by atoms with Gasteiger partial charge in [0.25, 0.3) is 5.91 Å². The minimum absolute atomic E-state index is 0.0762. The minimum atomic E-state index is -0.629. The van der Waals surface area contributed by atoms with E-state index in [-0.39, 0.29) is 11.9 Å². The van der Waals surface area contributed by atoms with E-state index >= 15 is 0 Å². The summed E-state index contributed by atoms with van der Waals surface area (Å²) in [4.78, 5) is 11.8. The van der Waals surface area contributed by atoms with Crippen molar-refractivity contribution in [2.24, 2.45) is 0 Å². The van der Waals surface area contributed by atoms with Gasteiger partial charge in [0, 0.05) is 11.6 Å². The molecule has 0 aliphatic rings. The van der Waals surface area contributed by atoms with Crippen molar-refractivity contribution < 1.29 is 14.6 Å². The summed E-state index contributed by atoms with van der Waals surface area (Å²) in [6.07, 6.45) is -1.22. The number of carbonyl (C=O) groups excluding carboxylic acids is 1. The fourth-order valence-electron chi connectivity index (χ4n) is 1.73. The molecule has 2 N–H and O–H groups in total. The van der Waals surface area contributed by atoms with Crippen molar-refractivity contribution >= 4 is 5.91 Å². The van der Waals surface area contributed by atoms with Gasteiger partial charge in [-0.25, -0.2) is 0 Å². The molecule has 0 fully saturated rings. The van der Waals surface area contributed by atoms with Crippen LogP contribution >= 0.6 is 0 Å². The van der Waals surface area contributed by atoms with Crippen LogP contribution in [0.3, 0.4) is 0 Å². The third-order valence-corrected chi connectivity index (χ3v) is 2.72. The van der Waals surface area contributed by atoms with Crippen molar-refractivity contribution in [2.75, 3.05) is 0 Å². The number of aliphatic hydroxyl groups excluding tert-OH is 1. The van der Waals surface area contributed by atoms with Crippen molar-refractivity contribution in [3.63, 3.8) is 0 Å². The highest BCUT2D eigenvalue weighted by molar-refractivity contribution is 5.81. The second-order valence-electron chi connectivity index (χ2n) is 5.14. The highest BCUT2D eigenvalue weighted by Crippen LogP contribution is 2.27. The topological polar surface area (TPSA) is 58.6 Å². The summed E-state index contributed by atoms with van der Waals surface area (Å²) in [6.45, 7) is 9.12. The fraction of sp³-hybridized carbons (Fsp3) is 0.533. The van der Waals surface area contributed by atoms with Gasteiger partial charge >= 0.3 is 0 Å². The first-order chi connectivity index (χ1) is 8.81. The number of nitrogens with one attached hydrogen (secondary N) is 1. The lowest BCUT2D eigenvalue weighted by molar-refractivity contribution is -0.127. The lowest BCUT2D eigenvalue weighted by Crippen LogP contribution is -2.40.